The fourth-order valence-electron chi connectivity index (χ4n) is 3.58. The topological polar surface area (TPSA) is 79.0 Å². The van der Waals surface area contributed by atoms with Crippen LogP contribution in [0, 0.1) is 26.7 Å². The molecule has 2 aromatic rings. The summed E-state index contributed by atoms with van der Waals surface area (Å²) in [5.74, 6) is 0.431. The fourth-order valence-corrected chi connectivity index (χ4v) is 5.44. The molecular weight excluding hydrogens is 324 g/mol. The summed E-state index contributed by atoms with van der Waals surface area (Å²) in [4.78, 5) is 15.7. The van der Waals surface area contributed by atoms with Crippen LogP contribution in [-0.4, -0.2) is 37.4 Å². The molecule has 1 aromatic heterocycles. The van der Waals surface area contributed by atoms with E-state index in [9.17, 15) is 13.2 Å². The van der Waals surface area contributed by atoms with Gasteiger partial charge in [-0.1, -0.05) is 11.6 Å². The van der Waals surface area contributed by atoms with Crippen LogP contribution in [0.15, 0.2) is 12.1 Å². The lowest BCUT2D eigenvalue weighted by Gasteiger charge is -2.10. The largest absolute Gasteiger partial charge is 0.358 e. The number of aryl methyl sites for hydroxylation is 3. The second-order valence-electron chi connectivity index (χ2n) is 6.98. The zero-order chi connectivity index (χ0) is 17.5. The van der Waals surface area contributed by atoms with E-state index in [1.807, 2.05) is 6.92 Å². The Balaban J connectivity index is 1.71. The van der Waals surface area contributed by atoms with Crippen molar-refractivity contribution in [3.63, 3.8) is 0 Å². The molecule has 0 radical (unpaired) electrons. The van der Waals surface area contributed by atoms with Gasteiger partial charge in [0.2, 0.25) is 5.91 Å². The van der Waals surface area contributed by atoms with Crippen LogP contribution in [0.2, 0.25) is 0 Å². The van der Waals surface area contributed by atoms with Crippen molar-refractivity contribution >= 4 is 26.6 Å². The summed E-state index contributed by atoms with van der Waals surface area (Å²) in [6.07, 6.45) is 0.960. The van der Waals surface area contributed by atoms with Crippen molar-refractivity contribution in [3.8, 4) is 0 Å². The number of fused-ring (bicyclic) bond motifs is 1. The fraction of sp³-hybridized carbons (Fsp3) is 0.500. The molecule has 0 bridgehead atoms. The third-order valence-corrected chi connectivity index (χ3v) is 6.66. The van der Waals surface area contributed by atoms with E-state index in [2.05, 4.69) is 36.3 Å². The highest BCUT2D eigenvalue weighted by molar-refractivity contribution is 7.91. The van der Waals surface area contributed by atoms with Gasteiger partial charge >= 0.3 is 0 Å². The van der Waals surface area contributed by atoms with Crippen molar-refractivity contribution in [2.24, 2.45) is 5.92 Å². The Kier molecular flexibility index (Phi) is 4.42. The van der Waals surface area contributed by atoms with Crippen LogP contribution in [0.25, 0.3) is 10.9 Å². The minimum atomic E-state index is -2.89. The molecule has 1 aromatic carbocycles. The van der Waals surface area contributed by atoms with Crippen molar-refractivity contribution in [1.29, 1.82) is 0 Å². The normalized spacial score (nSPS) is 19.7. The van der Waals surface area contributed by atoms with Crippen molar-refractivity contribution in [1.82, 2.24) is 10.3 Å². The molecule has 5 nitrogen and oxygen atoms in total. The van der Waals surface area contributed by atoms with E-state index in [0.29, 0.717) is 19.4 Å². The summed E-state index contributed by atoms with van der Waals surface area (Å²) in [7, 11) is -2.89. The Morgan fingerprint density at radius 2 is 2.04 bits per heavy atom. The van der Waals surface area contributed by atoms with E-state index in [1.165, 1.54) is 11.1 Å². The molecule has 3 rings (SSSR count). The summed E-state index contributed by atoms with van der Waals surface area (Å²) in [6.45, 7) is 6.55. The maximum absolute atomic E-state index is 12.3. The molecule has 2 heterocycles. The molecular formula is C18H24N2O3S. The average Bonchev–Trinajstić information content (AvgIpc) is 2.98. The molecule has 1 saturated heterocycles. The average molecular weight is 348 g/mol. The van der Waals surface area contributed by atoms with Gasteiger partial charge in [-0.25, -0.2) is 8.42 Å². The number of benzene rings is 1. The van der Waals surface area contributed by atoms with Crippen molar-refractivity contribution in [3.05, 3.63) is 34.5 Å². The highest BCUT2D eigenvalue weighted by Gasteiger charge is 2.28. The molecule has 0 unspecified atom stereocenters. The van der Waals surface area contributed by atoms with E-state index >= 15 is 0 Å². The van der Waals surface area contributed by atoms with Gasteiger partial charge in [-0.3, -0.25) is 4.79 Å². The quantitative estimate of drug-likeness (QED) is 0.889. The number of sulfone groups is 1. The predicted molar refractivity (Wildman–Crippen MR) is 96.0 cm³/mol. The molecule has 1 fully saturated rings. The Morgan fingerprint density at radius 3 is 2.71 bits per heavy atom. The van der Waals surface area contributed by atoms with Crippen molar-refractivity contribution in [2.45, 2.75) is 33.6 Å². The van der Waals surface area contributed by atoms with Crippen molar-refractivity contribution in [2.75, 3.05) is 18.1 Å². The standard InChI is InChI=1S/C18H24N2O3S/c1-11-6-12(2)18-16(7-11)15(13(3)20-18)8-17(21)19-9-14-4-5-24(22,23)10-14/h6-7,14,20H,4-5,8-10H2,1-3H3,(H,19,21)/t14-/m1/s1. The Labute approximate surface area is 142 Å². The molecule has 1 amide bonds. The van der Waals surface area contributed by atoms with Crippen LogP contribution in [0.4, 0.5) is 0 Å². The minimum Gasteiger partial charge on any atom is -0.358 e. The van der Waals surface area contributed by atoms with Gasteiger partial charge in [0.25, 0.3) is 0 Å². The number of hydrogen-bond acceptors (Lipinski definition) is 3. The smallest absolute Gasteiger partial charge is 0.224 e. The van der Waals surface area contributed by atoms with Crippen molar-refractivity contribution < 1.29 is 13.2 Å². The molecule has 24 heavy (non-hydrogen) atoms. The number of amides is 1. The summed E-state index contributed by atoms with van der Waals surface area (Å²) < 4.78 is 23.0. The molecule has 2 N–H and O–H groups in total. The summed E-state index contributed by atoms with van der Waals surface area (Å²) in [5.41, 5.74) is 5.47. The lowest BCUT2D eigenvalue weighted by molar-refractivity contribution is -0.120. The zero-order valence-corrected chi connectivity index (χ0v) is 15.2. The summed E-state index contributed by atoms with van der Waals surface area (Å²) in [6, 6.07) is 4.24. The highest BCUT2D eigenvalue weighted by atomic mass is 32.2. The van der Waals surface area contributed by atoms with Gasteiger partial charge in [-0.05, 0) is 50.3 Å². The number of H-pyrrole nitrogens is 1. The minimum absolute atomic E-state index is 0.0486. The maximum Gasteiger partial charge on any atom is 0.224 e. The van der Waals surface area contributed by atoms with E-state index < -0.39 is 9.84 Å². The van der Waals surface area contributed by atoms with Crippen LogP contribution >= 0.6 is 0 Å². The molecule has 1 aliphatic rings. The van der Waals surface area contributed by atoms with Gasteiger partial charge in [-0.2, -0.15) is 0 Å². The van der Waals surface area contributed by atoms with Crippen LogP contribution in [0.3, 0.4) is 0 Å². The molecule has 0 aliphatic carbocycles. The first kappa shape index (κ1) is 17.0. The number of aromatic nitrogens is 1. The van der Waals surface area contributed by atoms with E-state index in [-0.39, 0.29) is 23.3 Å². The van der Waals surface area contributed by atoms with Crippen LogP contribution in [-0.2, 0) is 21.1 Å². The molecule has 6 heteroatoms. The van der Waals surface area contributed by atoms with Gasteiger partial charge in [0.05, 0.1) is 17.9 Å². The maximum atomic E-state index is 12.3. The number of nitrogens with one attached hydrogen (secondary N) is 2. The second kappa shape index (κ2) is 6.24. The van der Waals surface area contributed by atoms with E-state index in [0.717, 1.165) is 22.2 Å². The number of carbonyl (C=O) groups excluding carboxylic acids is 1. The van der Waals surface area contributed by atoms with E-state index in [4.69, 9.17) is 0 Å². The molecule has 130 valence electrons. The first-order valence-corrected chi connectivity index (χ1v) is 10.1. The summed E-state index contributed by atoms with van der Waals surface area (Å²) >= 11 is 0. The second-order valence-corrected chi connectivity index (χ2v) is 9.21. The SMILES string of the molecule is Cc1cc(C)c2[nH]c(C)c(CC(=O)NC[C@H]3CCS(=O)(=O)C3)c2c1. The van der Waals surface area contributed by atoms with Crippen LogP contribution < -0.4 is 5.32 Å². The third-order valence-electron chi connectivity index (χ3n) is 4.82. The van der Waals surface area contributed by atoms with Gasteiger partial charge in [0, 0.05) is 23.1 Å². The van der Waals surface area contributed by atoms with Crippen LogP contribution in [0.1, 0.15) is 28.8 Å². The van der Waals surface area contributed by atoms with Gasteiger partial charge in [-0.15, -0.1) is 0 Å². The number of rotatable bonds is 4. The van der Waals surface area contributed by atoms with E-state index in [1.54, 1.807) is 0 Å². The van der Waals surface area contributed by atoms with Crippen LogP contribution in [0.5, 0.6) is 0 Å². The predicted octanol–water partition coefficient (Wildman–Crippen LogP) is 2.19. The molecule has 0 spiro atoms. The molecule has 0 saturated carbocycles. The lowest BCUT2D eigenvalue weighted by atomic mass is 10.0. The number of carbonyl (C=O) groups is 1. The lowest BCUT2D eigenvalue weighted by Crippen LogP contribution is -2.31. The molecule has 1 atom stereocenters. The number of aromatic amines is 1. The first-order chi connectivity index (χ1) is 11.2. The first-order valence-electron chi connectivity index (χ1n) is 8.30. The molecule has 1 aliphatic heterocycles. The third kappa shape index (κ3) is 3.48. The Morgan fingerprint density at radius 1 is 1.29 bits per heavy atom. The summed E-state index contributed by atoms with van der Waals surface area (Å²) in [5, 5.41) is 4.01. The Hall–Kier alpha value is -1.82. The zero-order valence-electron chi connectivity index (χ0n) is 14.4. The Bertz CT molecular complexity index is 897. The van der Waals surface area contributed by atoms with Gasteiger partial charge in [0.15, 0.2) is 9.84 Å². The number of hydrogen-bond donors (Lipinski definition) is 2. The van der Waals surface area contributed by atoms with Gasteiger partial charge < -0.3 is 10.3 Å². The monoisotopic (exact) mass is 348 g/mol. The highest BCUT2D eigenvalue weighted by Crippen LogP contribution is 2.26. The van der Waals surface area contributed by atoms with Gasteiger partial charge in [0.1, 0.15) is 0 Å².